The van der Waals surface area contributed by atoms with Crippen molar-refractivity contribution in [2.24, 2.45) is 0 Å². The molecule has 0 saturated carbocycles. The zero-order chi connectivity index (χ0) is 19.7. The number of morpholine rings is 1. The molecule has 1 amide bonds. The van der Waals surface area contributed by atoms with Gasteiger partial charge in [0.1, 0.15) is 12.0 Å². The molecule has 0 radical (unpaired) electrons. The van der Waals surface area contributed by atoms with Crippen LogP contribution >= 0.6 is 15.9 Å². The van der Waals surface area contributed by atoms with E-state index >= 15 is 0 Å². The fraction of sp³-hybridized carbons (Fsp3) is 0.524. The van der Waals surface area contributed by atoms with Crippen LogP contribution in [0.5, 0.6) is 5.75 Å². The van der Waals surface area contributed by atoms with Crippen molar-refractivity contribution >= 4 is 28.1 Å². The summed E-state index contributed by atoms with van der Waals surface area (Å²) in [5.41, 5.74) is 2.28. The number of aldehydes is 1. The van der Waals surface area contributed by atoms with Crippen molar-refractivity contribution in [1.82, 2.24) is 9.80 Å². The van der Waals surface area contributed by atoms with E-state index in [0.29, 0.717) is 30.4 Å². The second-order valence-corrected chi connectivity index (χ2v) is 8.84. The van der Waals surface area contributed by atoms with Crippen LogP contribution < -0.4 is 4.74 Å². The minimum atomic E-state index is -0.432. The van der Waals surface area contributed by atoms with Gasteiger partial charge in [0, 0.05) is 47.7 Å². The van der Waals surface area contributed by atoms with E-state index in [1.165, 1.54) is 0 Å². The Balaban J connectivity index is 1.73. The number of hydrogen-bond donors (Lipinski definition) is 0. The quantitative estimate of drug-likeness (QED) is 0.522. The Kier molecular flexibility index (Phi) is 5.73. The van der Waals surface area contributed by atoms with Gasteiger partial charge in [-0.05, 0) is 38.0 Å². The van der Waals surface area contributed by atoms with Gasteiger partial charge in [0.2, 0.25) is 0 Å². The second-order valence-electron chi connectivity index (χ2n) is 7.47. The molecule has 150 valence electrons. The lowest BCUT2D eigenvalue weighted by atomic mass is 9.91. The largest absolute Gasteiger partial charge is 0.441 e. The minimum absolute atomic E-state index is 0.0103. The van der Waals surface area contributed by atoms with Gasteiger partial charge < -0.3 is 24.1 Å². The number of amides is 1. The van der Waals surface area contributed by atoms with E-state index in [2.05, 4.69) is 20.8 Å². The van der Waals surface area contributed by atoms with E-state index < -0.39 is 5.92 Å². The Morgan fingerprint density at radius 1 is 1.21 bits per heavy atom. The van der Waals surface area contributed by atoms with Gasteiger partial charge in [-0.25, -0.2) is 0 Å². The lowest BCUT2D eigenvalue weighted by Gasteiger charge is -2.34. The molecule has 3 aliphatic heterocycles. The van der Waals surface area contributed by atoms with E-state index in [9.17, 15) is 9.59 Å². The number of fused-ring (bicyclic) bond motifs is 1. The molecule has 28 heavy (non-hydrogen) atoms. The average molecular weight is 449 g/mol. The summed E-state index contributed by atoms with van der Waals surface area (Å²) in [7, 11) is 0. The smallest absolute Gasteiger partial charge is 0.253 e. The predicted molar refractivity (Wildman–Crippen MR) is 109 cm³/mol. The SMILES string of the molecule is CC(Br)c1cc(C(=O)N2CCCC2)cc2c1OC(N1CCOCC1)=CC2C=O. The number of carbonyl (C=O) groups excluding carboxylic acids is 2. The number of benzene rings is 1. The monoisotopic (exact) mass is 448 g/mol. The number of ether oxygens (including phenoxy) is 2. The molecule has 0 bridgehead atoms. The highest BCUT2D eigenvalue weighted by molar-refractivity contribution is 9.09. The van der Waals surface area contributed by atoms with E-state index in [4.69, 9.17) is 9.47 Å². The van der Waals surface area contributed by atoms with Gasteiger partial charge >= 0.3 is 0 Å². The van der Waals surface area contributed by atoms with Crippen LogP contribution in [0.25, 0.3) is 0 Å². The number of likely N-dealkylation sites (tertiary alicyclic amines) is 1. The third-order valence-corrected chi connectivity index (χ3v) is 6.07. The molecule has 4 rings (SSSR count). The molecule has 0 aromatic heterocycles. The van der Waals surface area contributed by atoms with Gasteiger partial charge in [0.05, 0.1) is 19.1 Å². The summed E-state index contributed by atoms with van der Waals surface area (Å²) < 4.78 is 11.7. The van der Waals surface area contributed by atoms with Gasteiger partial charge in [0.15, 0.2) is 5.88 Å². The molecule has 1 aromatic rings. The maximum atomic E-state index is 13.0. The Morgan fingerprint density at radius 3 is 2.57 bits per heavy atom. The van der Waals surface area contributed by atoms with Crippen LogP contribution in [0.4, 0.5) is 0 Å². The third kappa shape index (κ3) is 3.70. The van der Waals surface area contributed by atoms with Crippen molar-refractivity contribution < 1.29 is 19.1 Å². The average Bonchev–Trinajstić information content (AvgIpc) is 3.27. The summed E-state index contributed by atoms with van der Waals surface area (Å²) >= 11 is 3.64. The molecule has 0 N–H and O–H groups in total. The van der Waals surface area contributed by atoms with Crippen molar-refractivity contribution in [3.63, 3.8) is 0 Å². The summed E-state index contributed by atoms with van der Waals surface area (Å²) in [4.78, 5) is 28.9. The number of nitrogens with zero attached hydrogens (tertiary/aromatic N) is 2. The van der Waals surface area contributed by atoms with Crippen LogP contribution in [0.3, 0.4) is 0 Å². The Labute approximate surface area is 173 Å². The molecule has 2 atom stereocenters. The minimum Gasteiger partial charge on any atom is -0.441 e. The molecule has 1 aromatic carbocycles. The lowest BCUT2D eigenvalue weighted by molar-refractivity contribution is -0.108. The van der Waals surface area contributed by atoms with Crippen molar-refractivity contribution in [2.75, 3.05) is 39.4 Å². The first-order chi connectivity index (χ1) is 13.6. The first kappa shape index (κ1) is 19.5. The zero-order valence-corrected chi connectivity index (χ0v) is 17.6. The summed E-state index contributed by atoms with van der Waals surface area (Å²) in [6, 6.07) is 3.74. The van der Waals surface area contributed by atoms with Crippen LogP contribution in [0.1, 0.15) is 52.0 Å². The van der Waals surface area contributed by atoms with Crippen LogP contribution in [0.15, 0.2) is 24.1 Å². The number of allylic oxidation sites excluding steroid dienone is 1. The number of halogens is 1. The van der Waals surface area contributed by atoms with Gasteiger partial charge in [0.25, 0.3) is 5.91 Å². The van der Waals surface area contributed by atoms with Crippen LogP contribution in [-0.2, 0) is 9.53 Å². The maximum Gasteiger partial charge on any atom is 0.253 e. The lowest BCUT2D eigenvalue weighted by Crippen LogP contribution is -2.38. The summed E-state index contributed by atoms with van der Waals surface area (Å²) in [5.74, 6) is 0.976. The van der Waals surface area contributed by atoms with E-state index in [-0.39, 0.29) is 10.7 Å². The van der Waals surface area contributed by atoms with Crippen molar-refractivity contribution in [3.05, 3.63) is 40.8 Å². The van der Waals surface area contributed by atoms with E-state index in [1.54, 1.807) is 0 Å². The number of rotatable bonds is 4. The van der Waals surface area contributed by atoms with Crippen LogP contribution in [-0.4, -0.2) is 61.4 Å². The van der Waals surface area contributed by atoms with Gasteiger partial charge in [-0.1, -0.05) is 15.9 Å². The van der Waals surface area contributed by atoms with Crippen LogP contribution in [0.2, 0.25) is 0 Å². The summed E-state index contributed by atoms with van der Waals surface area (Å²) in [6.45, 7) is 6.35. The van der Waals surface area contributed by atoms with Crippen molar-refractivity contribution in [3.8, 4) is 5.75 Å². The molecular formula is C21H25BrN2O4. The molecule has 3 aliphatic rings. The number of carbonyl (C=O) groups is 2. The fourth-order valence-electron chi connectivity index (χ4n) is 4.01. The molecule has 2 saturated heterocycles. The molecular weight excluding hydrogens is 424 g/mol. The maximum absolute atomic E-state index is 13.0. The summed E-state index contributed by atoms with van der Waals surface area (Å²) in [5, 5.41) is 0. The van der Waals surface area contributed by atoms with Gasteiger partial charge in [-0.2, -0.15) is 0 Å². The molecule has 0 spiro atoms. The number of hydrogen-bond acceptors (Lipinski definition) is 5. The Hall–Kier alpha value is -1.86. The Morgan fingerprint density at radius 2 is 1.93 bits per heavy atom. The first-order valence-corrected chi connectivity index (χ1v) is 10.8. The van der Waals surface area contributed by atoms with E-state index in [1.807, 2.05) is 30.0 Å². The van der Waals surface area contributed by atoms with Crippen molar-refractivity contribution in [1.29, 1.82) is 0 Å². The van der Waals surface area contributed by atoms with Crippen LogP contribution in [0, 0.1) is 0 Å². The molecule has 7 heteroatoms. The third-order valence-electron chi connectivity index (χ3n) is 5.57. The van der Waals surface area contributed by atoms with Gasteiger partial charge in [-0.3, -0.25) is 4.79 Å². The zero-order valence-electron chi connectivity index (χ0n) is 16.0. The number of alkyl halides is 1. The highest BCUT2D eigenvalue weighted by Gasteiger charge is 2.31. The standard InChI is InChI=1S/C21H25BrN2O4/c1-14(22)17-10-15(21(26)24-4-2-3-5-24)11-18-16(13-25)12-19(28-20(17)18)23-6-8-27-9-7-23/h10-14,16H,2-9H2,1H3. The Bertz CT molecular complexity index is 796. The fourth-order valence-corrected chi connectivity index (χ4v) is 4.35. The van der Waals surface area contributed by atoms with Crippen molar-refractivity contribution in [2.45, 2.75) is 30.5 Å². The highest BCUT2D eigenvalue weighted by Crippen LogP contribution is 2.42. The van der Waals surface area contributed by atoms with E-state index in [0.717, 1.165) is 56.4 Å². The molecule has 0 aliphatic carbocycles. The first-order valence-electron chi connectivity index (χ1n) is 9.87. The van der Waals surface area contributed by atoms with Gasteiger partial charge in [-0.15, -0.1) is 0 Å². The summed E-state index contributed by atoms with van der Waals surface area (Å²) in [6.07, 6.45) is 4.87. The second kappa shape index (κ2) is 8.25. The topological polar surface area (TPSA) is 59.1 Å². The highest BCUT2D eigenvalue weighted by atomic mass is 79.9. The molecule has 2 fully saturated rings. The predicted octanol–water partition coefficient (Wildman–Crippen LogP) is 3.23. The molecule has 6 nitrogen and oxygen atoms in total. The molecule has 3 heterocycles. The molecule has 2 unspecified atom stereocenters. The normalized spacial score (nSPS) is 22.9.